The zero-order valence-corrected chi connectivity index (χ0v) is 21.3. The van der Waals surface area contributed by atoms with Gasteiger partial charge in [-0.05, 0) is 56.2 Å². The van der Waals surface area contributed by atoms with E-state index in [2.05, 4.69) is 15.4 Å². The number of carbonyl (C=O) groups excluding carboxylic acids is 1. The van der Waals surface area contributed by atoms with Crippen LogP contribution in [0.3, 0.4) is 0 Å². The second-order valence-electron chi connectivity index (χ2n) is 8.56. The molecule has 2 aromatic heterocycles. The molecule has 1 aliphatic rings. The van der Waals surface area contributed by atoms with Gasteiger partial charge < -0.3 is 10.1 Å². The lowest BCUT2D eigenvalue weighted by Gasteiger charge is -2.31. The number of rotatable bonds is 6. The highest BCUT2D eigenvalue weighted by molar-refractivity contribution is 7.89. The van der Waals surface area contributed by atoms with Crippen LogP contribution in [0.15, 0.2) is 53.4 Å². The number of methoxy groups -OCH3 is 1. The number of aryl methyl sites for hydroxylation is 1. The normalized spacial score (nSPS) is 16.8. The average Bonchev–Trinajstić information content (AvgIpc) is 3.46. The summed E-state index contributed by atoms with van der Waals surface area (Å²) < 4.78 is 48.4. The number of sulfonamides is 1. The fourth-order valence-corrected chi connectivity index (χ4v) is 6.64. The maximum absolute atomic E-state index is 13.3. The number of aromatic nitrogens is 3. The lowest BCUT2D eigenvalue weighted by Crippen LogP contribution is -2.43. The topological polar surface area (TPSA) is 106 Å². The maximum atomic E-state index is 13.3. The Hall–Kier alpha value is -3.35. The number of fused-ring (bicyclic) bond motifs is 1. The number of amides is 1. The van der Waals surface area contributed by atoms with Crippen molar-refractivity contribution >= 4 is 43.3 Å². The summed E-state index contributed by atoms with van der Waals surface area (Å²) in [6, 6.07) is 12.1. The average molecular weight is 530 g/mol. The lowest BCUT2D eigenvalue weighted by atomic mass is 9.99. The Balaban J connectivity index is 1.35. The van der Waals surface area contributed by atoms with Gasteiger partial charge in [-0.25, -0.2) is 17.8 Å². The molecule has 0 spiro atoms. The van der Waals surface area contributed by atoms with Crippen molar-refractivity contribution in [3.05, 3.63) is 60.0 Å². The third-order valence-corrected chi connectivity index (χ3v) is 8.95. The number of ether oxygens (including phenoxy) is 1. The van der Waals surface area contributed by atoms with Gasteiger partial charge in [0.2, 0.25) is 21.1 Å². The third-order valence-electron chi connectivity index (χ3n) is 6.05. The number of hydrogen-bond donors (Lipinski definition) is 1. The Labute approximate surface area is 211 Å². The van der Waals surface area contributed by atoms with E-state index in [4.69, 9.17) is 4.74 Å². The minimum Gasteiger partial charge on any atom is -0.497 e. The zero-order chi connectivity index (χ0) is 25.4. The van der Waals surface area contributed by atoms with Crippen LogP contribution in [-0.2, 0) is 14.8 Å². The van der Waals surface area contributed by atoms with E-state index in [-0.39, 0.29) is 17.3 Å². The number of anilines is 1. The van der Waals surface area contributed by atoms with Gasteiger partial charge in [0.25, 0.3) is 0 Å². The minimum atomic E-state index is -3.84. The van der Waals surface area contributed by atoms with Crippen LogP contribution >= 0.6 is 11.3 Å². The van der Waals surface area contributed by atoms with E-state index < -0.39 is 21.8 Å². The van der Waals surface area contributed by atoms with Crippen molar-refractivity contribution in [3.8, 4) is 10.9 Å². The van der Waals surface area contributed by atoms with E-state index in [9.17, 15) is 17.6 Å². The maximum Gasteiger partial charge on any atom is 0.243 e. The first kappa shape index (κ1) is 24.3. The Bertz CT molecular complexity index is 1530. The minimum absolute atomic E-state index is 0.00567. The van der Waals surface area contributed by atoms with Gasteiger partial charge in [0.05, 0.1) is 33.8 Å². The Morgan fingerprint density at radius 3 is 2.72 bits per heavy atom. The van der Waals surface area contributed by atoms with Crippen LogP contribution in [0, 0.1) is 18.7 Å². The van der Waals surface area contributed by atoms with E-state index >= 15 is 0 Å². The second kappa shape index (κ2) is 9.60. The standard InChI is InChI=1S/C24H24FN5O4S2/c1-15-12-22(30(28-15)24-26-20-13-18(34-2)7-10-21(20)35-24)27-23(31)16-4-3-11-29(14-16)36(32,33)19-8-5-17(25)6-9-19/h5-10,12-13,16H,3-4,11,14H2,1-2H3,(H,27,31). The first-order valence-electron chi connectivity index (χ1n) is 11.3. The number of piperidine rings is 1. The fraction of sp³-hybridized carbons (Fsp3) is 0.292. The first-order chi connectivity index (χ1) is 17.2. The molecule has 4 aromatic rings. The van der Waals surface area contributed by atoms with Gasteiger partial charge >= 0.3 is 0 Å². The molecule has 1 aliphatic heterocycles. The molecule has 2 aromatic carbocycles. The molecule has 5 rings (SSSR count). The summed E-state index contributed by atoms with van der Waals surface area (Å²) in [5.74, 6) is -0.191. The zero-order valence-electron chi connectivity index (χ0n) is 19.6. The molecule has 1 N–H and O–H groups in total. The van der Waals surface area contributed by atoms with Gasteiger partial charge in [0, 0.05) is 25.2 Å². The van der Waals surface area contributed by atoms with Crippen LogP contribution in [0.25, 0.3) is 15.3 Å². The fourth-order valence-electron chi connectivity index (χ4n) is 4.21. The van der Waals surface area contributed by atoms with Gasteiger partial charge in [-0.1, -0.05) is 11.3 Å². The van der Waals surface area contributed by atoms with E-state index in [1.165, 1.54) is 27.8 Å². The number of nitrogens with zero attached hydrogens (tertiary/aromatic N) is 4. The molecule has 3 heterocycles. The highest BCUT2D eigenvalue weighted by atomic mass is 32.2. The lowest BCUT2D eigenvalue weighted by molar-refractivity contribution is -0.120. The number of hydrogen-bond acceptors (Lipinski definition) is 7. The molecule has 1 amide bonds. The molecule has 12 heteroatoms. The number of halogens is 1. The van der Waals surface area contributed by atoms with Crippen molar-refractivity contribution in [2.45, 2.75) is 24.7 Å². The molecular formula is C24H24FN5O4S2. The SMILES string of the molecule is COc1ccc2sc(-n3nc(C)cc3NC(=O)C3CCCN(S(=O)(=O)c4ccc(F)cc4)C3)nc2c1. The van der Waals surface area contributed by atoms with Crippen LogP contribution < -0.4 is 10.1 Å². The highest BCUT2D eigenvalue weighted by Crippen LogP contribution is 2.30. The van der Waals surface area contributed by atoms with E-state index in [0.717, 1.165) is 22.3 Å². The largest absolute Gasteiger partial charge is 0.497 e. The van der Waals surface area contributed by atoms with Gasteiger partial charge in [0.15, 0.2) is 0 Å². The molecule has 1 fully saturated rings. The van der Waals surface area contributed by atoms with E-state index in [0.29, 0.717) is 41.8 Å². The van der Waals surface area contributed by atoms with Crippen molar-refractivity contribution in [2.75, 3.05) is 25.5 Å². The van der Waals surface area contributed by atoms with Crippen LogP contribution in [-0.4, -0.2) is 53.6 Å². The molecule has 1 saturated heterocycles. The molecule has 0 saturated carbocycles. The number of thiazole rings is 1. The number of nitrogens with one attached hydrogen (secondary N) is 1. The molecule has 0 bridgehead atoms. The summed E-state index contributed by atoms with van der Waals surface area (Å²) in [7, 11) is -2.24. The van der Waals surface area contributed by atoms with Crippen molar-refractivity contribution in [3.63, 3.8) is 0 Å². The van der Waals surface area contributed by atoms with Crippen molar-refractivity contribution in [1.82, 2.24) is 19.1 Å². The predicted molar refractivity (Wildman–Crippen MR) is 135 cm³/mol. The summed E-state index contributed by atoms with van der Waals surface area (Å²) in [5, 5.41) is 8.01. The van der Waals surface area contributed by atoms with Crippen LogP contribution in [0.4, 0.5) is 10.2 Å². The third kappa shape index (κ3) is 4.71. The molecule has 188 valence electrons. The predicted octanol–water partition coefficient (Wildman–Crippen LogP) is 3.98. The van der Waals surface area contributed by atoms with Gasteiger partial charge in [-0.3, -0.25) is 4.79 Å². The van der Waals surface area contributed by atoms with Crippen molar-refractivity contribution < 1.29 is 22.3 Å². The molecule has 0 radical (unpaired) electrons. The molecule has 36 heavy (non-hydrogen) atoms. The van der Waals surface area contributed by atoms with Gasteiger partial charge in [0.1, 0.15) is 17.4 Å². The van der Waals surface area contributed by atoms with Crippen LogP contribution in [0.1, 0.15) is 18.5 Å². The number of carbonyl (C=O) groups is 1. The smallest absolute Gasteiger partial charge is 0.243 e. The van der Waals surface area contributed by atoms with Gasteiger partial charge in [-0.2, -0.15) is 14.1 Å². The molecule has 9 nitrogen and oxygen atoms in total. The highest BCUT2D eigenvalue weighted by Gasteiger charge is 2.34. The van der Waals surface area contributed by atoms with E-state index in [1.807, 2.05) is 25.1 Å². The molecule has 0 aliphatic carbocycles. The summed E-state index contributed by atoms with van der Waals surface area (Å²) in [6.45, 7) is 2.16. The Kier molecular flexibility index (Phi) is 6.49. The van der Waals surface area contributed by atoms with Crippen LogP contribution in [0.2, 0.25) is 0 Å². The van der Waals surface area contributed by atoms with Crippen molar-refractivity contribution in [1.29, 1.82) is 0 Å². The molecular weight excluding hydrogens is 505 g/mol. The molecule has 1 unspecified atom stereocenters. The van der Waals surface area contributed by atoms with Crippen LogP contribution in [0.5, 0.6) is 5.75 Å². The number of benzene rings is 2. The van der Waals surface area contributed by atoms with E-state index in [1.54, 1.807) is 17.9 Å². The summed E-state index contributed by atoms with van der Waals surface area (Å²) in [6.07, 6.45) is 1.09. The monoisotopic (exact) mass is 529 g/mol. The second-order valence-corrected chi connectivity index (χ2v) is 11.5. The van der Waals surface area contributed by atoms with Crippen molar-refractivity contribution in [2.24, 2.45) is 5.92 Å². The first-order valence-corrected chi connectivity index (χ1v) is 13.6. The quantitative estimate of drug-likeness (QED) is 0.405. The van der Waals surface area contributed by atoms with Gasteiger partial charge in [-0.15, -0.1) is 0 Å². The Morgan fingerprint density at radius 2 is 1.97 bits per heavy atom. The molecule has 1 atom stereocenters. The summed E-state index contributed by atoms with van der Waals surface area (Å²) >= 11 is 1.43. The Morgan fingerprint density at radius 1 is 1.19 bits per heavy atom. The summed E-state index contributed by atoms with van der Waals surface area (Å²) in [5.41, 5.74) is 1.46. The summed E-state index contributed by atoms with van der Waals surface area (Å²) in [4.78, 5) is 17.9.